The number of hydrogen-bond donors (Lipinski definition) is 1. The molecule has 84 valence electrons. The number of carbonyl (C=O) groups is 1. The maximum Gasteiger partial charge on any atom is 0.339 e. The highest BCUT2D eigenvalue weighted by Gasteiger charge is 2.09. The van der Waals surface area contributed by atoms with Gasteiger partial charge >= 0.3 is 5.97 Å². The molecular weight excluding hydrogens is 244 g/mol. The molecule has 16 heavy (non-hydrogen) atoms. The third kappa shape index (κ3) is 3.48. The normalized spacial score (nSPS) is 9.19. The Bertz CT molecular complexity index is 446. The number of ether oxygens (including phenoxy) is 1. The Morgan fingerprint density at radius 1 is 1.56 bits per heavy atom. The number of hydrogen-bond acceptors (Lipinski definition) is 3. The van der Waals surface area contributed by atoms with E-state index in [9.17, 15) is 4.79 Å². The predicted molar refractivity (Wildman–Crippen MR) is 68.1 cm³/mol. The van der Waals surface area contributed by atoms with Crippen molar-refractivity contribution in [2.45, 2.75) is 6.42 Å². The van der Waals surface area contributed by atoms with E-state index in [1.165, 1.54) is 7.11 Å². The van der Waals surface area contributed by atoms with Gasteiger partial charge in [-0.15, -0.1) is 0 Å². The van der Waals surface area contributed by atoms with Gasteiger partial charge in [0, 0.05) is 17.7 Å². The van der Waals surface area contributed by atoms with Gasteiger partial charge in [0.25, 0.3) is 0 Å². The van der Waals surface area contributed by atoms with Crippen molar-refractivity contribution in [2.75, 3.05) is 12.9 Å². The van der Waals surface area contributed by atoms with Gasteiger partial charge < -0.3 is 4.74 Å². The first kappa shape index (κ1) is 13.0. The molecule has 0 heterocycles. The van der Waals surface area contributed by atoms with Crippen LogP contribution in [-0.4, -0.2) is 18.8 Å². The van der Waals surface area contributed by atoms with Gasteiger partial charge in [0.2, 0.25) is 0 Å². The quantitative estimate of drug-likeness (QED) is 0.499. The lowest BCUT2D eigenvalue weighted by atomic mass is 10.1. The highest BCUT2D eigenvalue weighted by atomic mass is 35.5. The summed E-state index contributed by atoms with van der Waals surface area (Å²) in [4.78, 5) is 11.3. The fourth-order valence-electron chi connectivity index (χ4n) is 1.09. The van der Waals surface area contributed by atoms with E-state index in [0.717, 1.165) is 17.7 Å². The molecule has 0 amide bonds. The molecule has 0 aromatic heterocycles. The molecule has 2 nitrogen and oxygen atoms in total. The Kier molecular flexibility index (Phi) is 5.24. The minimum atomic E-state index is -0.445. The van der Waals surface area contributed by atoms with Gasteiger partial charge in [-0.25, -0.2) is 4.79 Å². The van der Waals surface area contributed by atoms with Crippen LogP contribution in [0.3, 0.4) is 0 Å². The Balaban J connectivity index is 2.92. The molecule has 1 aromatic carbocycles. The molecular formula is C12H11ClO2S. The Morgan fingerprint density at radius 3 is 2.88 bits per heavy atom. The second-order valence-electron chi connectivity index (χ2n) is 2.96. The van der Waals surface area contributed by atoms with Crippen molar-refractivity contribution in [1.82, 2.24) is 0 Å². The summed E-state index contributed by atoms with van der Waals surface area (Å²) in [5.74, 6) is 6.15. The number of methoxy groups -OCH3 is 1. The van der Waals surface area contributed by atoms with Crippen LogP contribution < -0.4 is 0 Å². The molecule has 0 fully saturated rings. The number of esters is 1. The lowest BCUT2D eigenvalue weighted by Crippen LogP contribution is -2.01. The average molecular weight is 255 g/mol. The first-order valence-corrected chi connectivity index (χ1v) is 5.67. The number of thiol groups is 1. The molecule has 0 radical (unpaired) electrons. The van der Waals surface area contributed by atoms with Gasteiger partial charge in [-0.2, -0.15) is 12.6 Å². The van der Waals surface area contributed by atoms with Crippen LogP contribution in [0.5, 0.6) is 0 Å². The van der Waals surface area contributed by atoms with Crippen LogP contribution in [0.1, 0.15) is 22.3 Å². The molecule has 0 aliphatic heterocycles. The van der Waals surface area contributed by atoms with E-state index in [2.05, 4.69) is 29.2 Å². The predicted octanol–water partition coefficient (Wildman–Crippen LogP) is 2.80. The lowest BCUT2D eigenvalue weighted by Gasteiger charge is -2.01. The van der Waals surface area contributed by atoms with Crippen LogP contribution in [-0.2, 0) is 4.74 Å². The molecule has 1 aromatic rings. The van der Waals surface area contributed by atoms with Crippen LogP contribution >= 0.6 is 24.2 Å². The van der Waals surface area contributed by atoms with Crippen molar-refractivity contribution >= 4 is 30.2 Å². The van der Waals surface area contributed by atoms with Crippen LogP contribution in [0.15, 0.2) is 18.2 Å². The van der Waals surface area contributed by atoms with E-state index in [4.69, 9.17) is 11.6 Å². The third-order valence-electron chi connectivity index (χ3n) is 1.84. The maximum absolute atomic E-state index is 11.3. The number of carbonyl (C=O) groups excluding carboxylic acids is 1. The van der Waals surface area contributed by atoms with Gasteiger partial charge in [0.05, 0.1) is 17.7 Å². The standard InChI is InChI=1S/C12H11ClO2S/c1-15-12(14)10-6-5-9(8-11(10)13)4-2-3-7-16/h5-6,8,16H,3,7H2,1H3. The van der Waals surface area contributed by atoms with Crippen molar-refractivity contribution < 1.29 is 9.53 Å². The van der Waals surface area contributed by atoms with Gasteiger partial charge in [-0.05, 0) is 18.2 Å². The van der Waals surface area contributed by atoms with Gasteiger partial charge in [-0.3, -0.25) is 0 Å². The Hall–Kier alpha value is -1.11. The third-order valence-corrected chi connectivity index (χ3v) is 2.38. The highest BCUT2D eigenvalue weighted by Crippen LogP contribution is 2.18. The Morgan fingerprint density at radius 2 is 2.31 bits per heavy atom. The van der Waals surface area contributed by atoms with Gasteiger partial charge in [0.15, 0.2) is 0 Å². The van der Waals surface area contributed by atoms with Gasteiger partial charge in [-0.1, -0.05) is 23.4 Å². The van der Waals surface area contributed by atoms with Crippen molar-refractivity contribution in [3.05, 3.63) is 34.3 Å². The van der Waals surface area contributed by atoms with Crippen molar-refractivity contribution in [3.8, 4) is 11.8 Å². The summed E-state index contributed by atoms with van der Waals surface area (Å²) in [5.41, 5.74) is 1.13. The van der Waals surface area contributed by atoms with Crippen molar-refractivity contribution in [2.24, 2.45) is 0 Å². The summed E-state index contributed by atoms with van der Waals surface area (Å²) in [5, 5.41) is 0.351. The van der Waals surface area contributed by atoms with E-state index in [1.807, 2.05) is 0 Å². The summed E-state index contributed by atoms with van der Waals surface area (Å²) in [6.07, 6.45) is 0.722. The molecule has 0 saturated heterocycles. The topological polar surface area (TPSA) is 26.3 Å². The fourth-order valence-corrected chi connectivity index (χ4v) is 1.46. The molecule has 0 atom stereocenters. The summed E-state index contributed by atoms with van der Waals surface area (Å²) < 4.78 is 4.59. The molecule has 0 aliphatic carbocycles. The van der Waals surface area contributed by atoms with Crippen LogP contribution in [0.2, 0.25) is 5.02 Å². The largest absolute Gasteiger partial charge is 0.465 e. The monoisotopic (exact) mass is 254 g/mol. The first-order chi connectivity index (χ1) is 7.69. The van der Waals surface area contributed by atoms with Crippen LogP contribution in [0, 0.1) is 11.8 Å². The highest BCUT2D eigenvalue weighted by molar-refractivity contribution is 7.80. The molecule has 0 spiro atoms. The zero-order chi connectivity index (χ0) is 12.0. The fraction of sp³-hybridized carbons (Fsp3) is 0.250. The zero-order valence-corrected chi connectivity index (χ0v) is 10.4. The summed E-state index contributed by atoms with van der Waals surface area (Å²) >= 11 is 9.99. The minimum Gasteiger partial charge on any atom is -0.465 e. The van der Waals surface area contributed by atoms with Crippen LogP contribution in [0.25, 0.3) is 0 Å². The smallest absolute Gasteiger partial charge is 0.339 e. The molecule has 0 saturated carbocycles. The van der Waals surface area contributed by atoms with E-state index in [1.54, 1.807) is 18.2 Å². The van der Waals surface area contributed by atoms with E-state index < -0.39 is 5.97 Å². The molecule has 4 heteroatoms. The maximum atomic E-state index is 11.3. The van der Waals surface area contributed by atoms with E-state index in [0.29, 0.717) is 10.6 Å². The van der Waals surface area contributed by atoms with Crippen molar-refractivity contribution in [1.29, 1.82) is 0 Å². The number of rotatable bonds is 2. The average Bonchev–Trinajstić information content (AvgIpc) is 2.29. The first-order valence-electron chi connectivity index (χ1n) is 4.66. The van der Waals surface area contributed by atoms with Crippen LogP contribution in [0.4, 0.5) is 0 Å². The number of benzene rings is 1. The zero-order valence-electron chi connectivity index (χ0n) is 8.79. The second-order valence-corrected chi connectivity index (χ2v) is 3.82. The SMILES string of the molecule is COC(=O)c1ccc(C#CCCS)cc1Cl. The summed E-state index contributed by atoms with van der Waals surface area (Å²) in [6, 6.07) is 5.00. The lowest BCUT2D eigenvalue weighted by molar-refractivity contribution is 0.0601. The van der Waals surface area contributed by atoms with Gasteiger partial charge in [0.1, 0.15) is 0 Å². The Labute approximate surface area is 105 Å². The second kappa shape index (κ2) is 6.47. The summed E-state index contributed by atoms with van der Waals surface area (Å²) in [7, 11) is 1.32. The molecule has 0 unspecified atom stereocenters. The van der Waals surface area contributed by atoms with E-state index >= 15 is 0 Å². The summed E-state index contributed by atoms with van der Waals surface area (Å²) in [6.45, 7) is 0. The molecule has 1 rings (SSSR count). The molecule has 0 aliphatic rings. The van der Waals surface area contributed by atoms with E-state index in [-0.39, 0.29) is 0 Å². The number of halogens is 1. The molecule has 0 bridgehead atoms. The minimum absolute atomic E-state index is 0.351. The van der Waals surface area contributed by atoms with Crippen molar-refractivity contribution in [3.63, 3.8) is 0 Å². The molecule has 0 N–H and O–H groups in total.